The minimum Gasteiger partial charge on any atom is -0.493 e. The molecule has 0 heterocycles. The number of ether oxygens (including phenoxy) is 1. The number of benzene rings is 1. The summed E-state index contributed by atoms with van der Waals surface area (Å²) in [6.45, 7) is 6.04. The van der Waals surface area contributed by atoms with Crippen LogP contribution in [0.2, 0.25) is 0 Å². The molecule has 5 nitrogen and oxygen atoms in total. The zero-order valence-electron chi connectivity index (χ0n) is 12.7. The van der Waals surface area contributed by atoms with Gasteiger partial charge in [0.1, 0.15) is 5.75 Å². The van der Waals surface area contributed by atoms with Gasteiger partial charge in [-0.15, -0.1) is 0 Å². The number of nitriles is 1. The van der Waals surface area contributed by atoms with Gasteiger partial charge >= 0.3 is 0 Å². The molecule has 1 unspecified atom stereocenters. The number of primary sulfonamides is 1. The van der Waals surface area contributed by atoms with Crippen molar-refractivity contribution in [3.05, 3.63) is 28.8 Å². The number of hydrogen-bond donors (Lipinski definition) is 1. The number of hydrogen-bond acceptors (Lipinski definition) is 4. The summed E-state index contributed by atoms with van der Waals surface area (Å²) < 4.78 is 28.3. The molecule has 0 saturated carbocycles. The Balaban J connectivity index is 2.83. The molecule has 116 valence electrons. The van der Waals surface area contributed by atoms with E-state index in [0.717, 1.165) is 24.0 Å². The van der Waals surface area contributed by atoms with Crippen LogP contribution < -0.4 is 9.88 Å². The average molecular weight is 310 g/mol. The normalized spacial score (nSPS) is 12.7. The first kappa shape index (κ1) is 17.5. The molecule has 0 aromatic heterocycles. The van der Waals surface area contributed by atoms with Crippen molar-refractivity contribution in [3.63, 3.8) is 0 Å². The smallest absolute Gasteiger partial charge is 0.209 e. The third kappa shape index (κ3) is 5.74. The molecule has 0 saturated heterocycles. The van der Waals surface area contributed by atoms with E-state index in [4.69, 9.17) is 15.1 Å². The predicted octanol–water partition coefficient (Wildman–Crippen LogP) is 2.26. The molecule has 0 fully saturated rings. The summed E-state index contributed by atoms with van der Waals surface area (Å²) in [6, 6.07) is 5.62. The van der Waals surface area contributed by atoms with E-state index in [0.29, 0.717) is 17.9 Å². The Morgan fingerprint density at radius 3 is 2.33 bits per heavy atom. The van der Waals surface area contributed by atoms with Gasteiger partial charge in [-0.1, -0.05) is 13.3 Å². The maximum atomic E-state index is 11.2. The number of rotatable bonds is 7. The lowest BCUT2D eigenvalue weighted by Gasteiger charge is -2.18. The third-order valence-corrected chi connectivity index (χ3v) is 4.15. The Morgan fingerprint density at radius 2 is 1.90 bits per heavy atom. The van der Waals surface area contributed by atoms with Crippen LogP contribution in [-0.2, 0) is 10.0 Å². The standard InChI is InChI=1S/C15H22N2O3S/c1-4-5-13(10-21(17,18)19)9-20-15-11(2)6-14(8-16)7-12(15)3/h6-7,13H,4-5,9-10H2,1-3H3,(H2,17,18,19). The summed E-state index contributed by atoms with van der Waals surface area (Å²) in [7, 11) is -3.50. The molecule has 0 aliphatic carbocycles. The summed E-state index contributed by atoms with van der Waals surface area (Å²) in [4.78, 5) is 0. The van der Waals surface area contributed by atoms with Crippen LogP contribution in [0.5, 0.6) is 5.75 Å². The van der Waals surface area contributed by atoms with E-state index in [9.17, 15) is 8.42 Å². The van der Waals surface area contributed by atoms with Crippen LogP contribution in [0.3, 0.4) is 0 Å². The number of nitrogens with two attached hydrogens (primary N) is 1. The van der Waals surface area contributed by atoms with Crippen molar-refractivity contribution in [2.75, 3.05) is 12.4 Å². The Kier molecular flexibility index (Phi) is 6.19. The van der Waals surface area contributed by atoms with E-state index in [1.807, 2.05) is 20.8 Å². The van der Waals surface area contributed by atoms with Crippen molar-refractivity contribution in [2.45, 2.75) is 33.6 Å². The van der Waals surface area contributed by atoms with Gasteiger partial charge in [-0.25, -0.2) is 13.6 Å². The van der Waals surface area contributed by atoms with Crippen molar-refractivity contribution in [2.24, 2.45) is 11.1 Å². The molecule has 1 atom stereocenters. The summed E-state index contributed by atoms with van der Waals surface area (Å²) in [5.41, 5.74) is 2.34. The van der Waals surface area contributed by atoms with Crippen molar-refractivity contribution in [1.29, 1.82) is 5.26 Å². The van der Waals surface area contributed by atoms with Gasteiger partial charge in [-0.05, 0) is 43.5 Å². The zero-order valence-corrected chi connectivity index (χ0v) is 13.5. The Morgan fingerprint density at radius 1 is 1.33 bits per heavy atom. The van der Waals surface area contributed by atoms with Crippen LogP contribution in [0.4, 0.5) is 0 Å². The molecule has 6 heteroatoms. The Bertz CT molecular complexity index is 610. The lowest BCUT2D eigenvalue weighted by atomic mass is 10.1. The second kappa shape index (κ2) is 7.43. The zero-order chi connectivity index (χ0) is 16.0. The molecule has 0 aliphatic rings. The largest absolute Gasteiger partial charge is 0.493 e. The molecule has 0 amide bonds. The van der Waals surface area contributed by atoms with Gasteiger partial charge in [0.15, 0.2) is 0 Å². The van der Waals surface area contributed by atoms with E-state index >= 15 is 0 Å². The lowest BCUT2D eigenvalue weighted by molar-refractivity contribution is 0.250. The fourth-order valence-electron chi connectivity index (χ4n) is 2.40. The maximum absolute atomic E-state index is 11.2. The van der Waals surface area contributed by atoms with E-state index < -0.39 is 10.0 Å². The summed E-state index contributed by atoms with van der Waals surface area (Å²) in [5.74, 6) is 0.513. The van der Waals surface area contributed by atoms with Gasteiger partial charge in [0, 0.05) is 5.92 Å². The van der Waals surface area contributed by atoms with Gasteiger partial charge in [-0.3, -0.25) is 0 Å². The van der Waals surface area contributed by atoms with Crippen LogP contribution in [-0.4, -0.2) is 20.8 Å². The SMILES string of the molecule is CCCC(COc1c(C)cc(C#N)cc1C)CS(N)(=O)=O. The van der Waals surface area contributed by atoms with Gasteiger partial charge in [-0.2, -0.15) is 5.26 Å². The molecule has 21 heavy (non-hydrogen) atoms. The maximum Gasteiger partial charge on any atom is 0.209 e. The van der Waals surface area contributed by atoms with Crippen LogP contribution in [0, 0.1) is 31.1 Å². The van der Waals surface area contributed by atoms with Gasteiger partial charge in [0.2, 0.25) is 10.0 Å². The van der Waals surface area contributed by atoms with E-state index in [1.54, 1.807) is 12.1 Å². The van der Waals surface area contributed by atoms with Crippen LogP contribution in [0.1, 0.15) is 36.5 Å². The molecule has 1 rings (SSSR count). The first-order valence-electron chi connectivity index (χ1n) is 6.91. The lowest BCUT2D eigenvalue weighted by Crippen LogP contribution is -2.27. The second-order valence-electron chi connectivity index (χ2n) is 5.35. The summed E-state index contributed by atoms with van der Waals surface area (Å²) in [5, 5.41) is 14.0. The highest BCUT2D eigenvalue weighted by Gasteiger charge is 2.17. The van der Waals surface area contributed by atoms with Crippen LogP contribution in [0.15, 0.2) is 12.1 Å². The fraction of sp³-hybridized carbons (Fsp3) is 0.533. The Labute approximate surface area is 126 Å². The van der Waals surface area contributed by atoms with Crippen LogP contribution >= 0.6 is 0 Å². The van der Waals surface area contributed by atoms with E-state index in [-0.39, 0.29) is 11.7 Å². The summed E-state index contributed by atoms with van der Waals surface area (Å²) >= 11 is 0. The van der Waals surface area contributed by atoms with Crippen molar-refractivity contribution in [3.8, 4) is 11.8 Å². The molecule has 0 spiro atoms. The molecule has 0 radical (unpaired) electrons. The van der Waals surface area contributed by atoms with E-state index in [2.05, 4.69) is 6.07 Å². The monoisotopic (exact) mass is 310 g/mol. The quantitative estimate of drug-likeness (QED) is 0.836. The predicted molar refractivity (Wildman–Crippen MR) is 82.5 cm³/mol. The molecule has 0 aliphatic heterocycles. The minimum atomic E-state index is -3.50. The first-order valence-corrected chi connectivity index (χ1v) is 8.63. The van der Waals surface area contributed by atoms with E-state index in [1.165, 1.54) is 0 Å². The molecular formula is C15H22N2O3S. The van der Waals surface area contributed by atoms with Crippen molar-refractivity contribution in [1.82, 2.24) is 0 Å². The molecule has 0 bridgehead atoms. The van der Waals surface area contributed by atoms with Crippen molar-refractivity contribution < 1.29 is 13.2 Å². The highest BCUT2D eigenvalue weighted by Crippen LogP contribution is 2.25. The first-order chi connectivity index (χ1) is 9.76. The topological polar surface area (TPSA) is 93.2 Å². The van der Waals surface area contributed by atoms with Gasteiger partial charge in [0.05, 0.1) is 24.0 Å². The van der Waals surface area contributed by atoms with Gasteiger partial charge in [0.25, 0.3) is 0 Å². The Hall–Kier alpha value is -1.58. The number of nitrogens with zero attached hydrogens (tertiary/aromatic N) is 1. The summed E-state index contributed by atoms with van der Waals surface area (Å²) in [6.07, 6.45) is 1.61. The van der Waals surface area contributed by atoms with Crippen LogP contribution in [0.25, 0.3) is 0 Å². The number of aryl methyl sites for hydroxylation is 2. The molecule has 1 aromatic carbocycles. The minimum absolute atomic E-state index is 0.0742. The average Bonchev–Trinajstić information content (AvgIpc) is 2.35. The highest BCUT2D eigenvalue weighted by atomic mass is 32.2. The van der Waals surface area contributed by atoms with Crippen molar-refractivity contribution >= 4 is 10.0 Å². The second-order valence-corrected chi connectivity index (χ2v) is 7.01. The van der Waals surface area contributed by atoms with Gasteiger partial charge < -0.3 is 4.74 Å². The number of sulfonamides is 1. The molecule has 1 aromatic rings. The third-order valence-electron chi connectivity index (χ3n) is 3.22. The fourth-order valence-corrected chi connectivity index (χ4v) is 3.32. The highest BCUT2D eigenvalue weighted by molar-refractivity contribution is 7.89. The molecule has 2 N–H and O–H groups in total. The molecular weight excluding hydrogens is 288 g/mol.